The van der Waals surface area contributed by atoms with Crippen LogP contribution in [0, 0.1) is 17.2 Å². The Hall–Kier alpha value is -2.17. The highest BCUT2D eigenvalue weighted by Crippen LogP contribution is 2.51. The van der Waals surface area contributed by atoms with Crippen LogP contribution in [0.1, 0.15) is 25.8 Å². The summed E-state index contributed by atoms with van der Waals surface area (Å²) < 4.78 is 13.5. The summed E-state index contributed by atoms with van der Waals surface area (Å²) in [6.07, 6.45) is 2.86. The van der Waals surface area contributed by atoms with E-state index in [1.165, 1.54) is 18.2 Å². The van der Waals surface area contributed by atoms with Crippen LogP contribution in [0.25, 0.3) is 6.08 Å². The van der Waals surface area contributed by atoms with Gasteiger partial charge in [0.2, 0.25) is 5.91 Å². The Labute approximate surface area is 116 Å². The molecule has 2 N–H and O–H groups in total. The van der Waals surface area contributed by atoms with Gasteiger partial charge in [0.05, 0.1) is 0 Å². The number of halogens is 1. The van der Waals surface area contributed by atoms with Crippen molar-refractivity contribution in [3.05, 3.63) is 35.7 Å². The Morgan fingerprint density at radius 3 is 2.65 bits per heavy atom. The molecule has 1 saturated carbocycles. The van der Waals surface area contributed by atoms with Crippen molar-refractivity contribution in [1.82, 2.24) is 0 Å². The molecule has 1 unspecified atom stereocenters. The Balaban J connectivity index is 2.11. The summed E-state index contributed by atoms with van der Waals surface area (Å²) in [5.41, 5.74) is 0.611. The van der Waals surface area contributed by atoms with Gasteiger partial charge in [-0.2, -0.15) is 0 Å². The summed E-state index contributed by atoms with van der Waals surface area (Å²) in [6, 6.07) is 4.08. The summed E-state index contributed by atoms with van der Waals surface area (Å²) in [5.74, 6) is -1.80. The van der Waals surface area contributed by atoms with E-state index in [-0.39, 0.29) is 22.8 Å². The highest BCUT2D eigenvalue weighted by Gasteiger charge is 2.50. The molecule has 1 aliphatic rings. The fraction of sp³-hybridized carbons (Fsp3) is 0.333. The first-order chi connectivity index (χ1) is 9.29. The Bertz CT molecular complexity index is 593. The number of carbonyl (C=O) groups excluding carboxylic acids is 1. The number of carboxylic acid groups (broad SMARTS) is 1. The van der Waals surface area contributed by atoms with Crippen molar-refractivity contribution in [2.45, 2.75) is 20.3 Å². The summed E-state index contributed by atoms with van der Waals surface area (Å²) in [4.78, 5) is 22.4. The highest BCUT2D eigenvalue weighted by molar-refractivity contribution is 5.95. The van der Waals surface area contributed by atoms with Crippen molar-refractivity contribution in [3.63, 3.8) is 0 Å². The Morgan fingerprint density at radius 1 is 1.45 bits per heavy atom. The lowest BCUT2D eigenvalue weighted by Gasteiger charge is -2.08. The second-order valence-electron chi connectivity index (χ2n) is 5.64. The number of carboxylic acids is 1. The van der Waals surface area contributed by atoms with Gasteiger partial charge < -0.3 is 10.4 Å². The van der Waals surface area contributed by atoms with E-state index in [1.54, 1.807) is 0 Å². The standard InChI is InChI=1S/C15H16FNO3/c1-15(2)8-11(15)14(20)17-10-4-5-12(16)9(7-10)3-6-13(18)19/h3-7,11H,8H2,1-2H3,(H,17,20)(H,18,19)/b6-3+. The molecule has 0 aromatic heterocycles. The molecule has 1 atom stereocenters. The molecule has 1 aliphatic carbocycles. The van der Waals surface area contributed by atoms with Crippen LogP contribution in [0.3, 0.4) is 0 Å². The molecule has 4 nitrogen and oxygen atoms in total. The fourth-order valence-electron chi connectivity index (χ4n) is 2.05. The number of hydrogen-bond acceptors (Lipinski definition) is 2. The second kappa shape index (κ2) is 5.07. The first kappa shape index (κ1) is 14.2. The van der Waals surface area contributed by atoms with E-state index in [1.807, 2.05) is 13.8 Å². The third-order valence-electron chi connectivity index (χ3n) is 3.50. The summed E-state index contributed by atoms with van der Waals surface area (Å²) in [6.45, 7) is 4.03. The lowest BCUT2D eigenvalue weighted by atomic mass is 10.1. The van der Waals surface area contributed by atoms with Crippen LogP contribution in [0.5, 0.6) is 0 Å². The number of benzene rings is 1. The summed E-state index contributed by atoms with van der Waals surface area (Å²) in [7, 11) is 0. The molecule has 1 aromatic carbocycles. The van der Waals surface area contributed by atoms with E-state index < -0.39 is 11.8 Å². The van der Waals surface area contributed by atoms with Gasteiger partial charge in [-0.05, 0) is 36.1 Å². The van der Waals surface area contributed by atoms with Crippen molar-refractivity contribution in [2.75, 3.05) is 5.32 Å². The molecule has 106 valence electrons. The molecule has 0 saturated heterocycles. The van der Waals surface area contributed by atoms with Gasteiger partial charge >= 0.3 is 5.97 Å². The lowest BCUT2D eigenvalue weighted by molar-refractivity contribution is -0.131. The molecule has 1 fully saturated rings. The van der Waals surface area contributed by atoms with Crippen LogP contribution >= 0.6 is 0 Å². The number of aliphatic carboxylic acids is 1. The molecular weight excluding hydrogens is 261 g/mol. The topological polar surface area (TPSA) is 66.4 Å². The molecule has 1 aromatic rings. The lowest BCUT2D eigenvalue weighted by Crippen LogP contribution is -2.16. The number of rotatable bonds is 4. The number of amides is 1. The zero-order valence-corrected chi connectivity index (χ0v) is 11.3. The predicted octanol–water partition coefficient (Wildman–Crippen LogP) is 2.91. The number of nitrogens with one attached hydrogen (secondary N) is 1. The minimum absolute atomic E-state index is 0.0226. The number of carbonyl (C=O) groups is 2. The van der Waals surface area contributed by atoms with Gasteiger partial charge in [0.15, 0.2) is 0 Å². The largest absolute Gasteiger partial charge is 0.478 e. The number of hydrogen-bond donors (Lipinski definition) is 2. The second-order valence-corrected chi connectivity index (χ2v) is 5.64. The zero-order valence-electron chi connectivity index (χ0n) is 11.3. The van der Waals surface area contributed by atoms with Gasteiger partial charge in [-0.1, -0.05) is 13.8 Å². The Kier molecular flexibility index (Phi) is 3.61. The smallest absolute Gasteiger partial charge is 0.328 e. The molecule has 2 rings (SSSR count). The van der Waals surface area contributed by atoms with E-state index in [0.717, 1.165) is 18.6 Å². The van der Waals surface area contributed by atoms with E-state index >= 15 is 0 Å². The van der Waals surface area contributed by atoms with Crippen LogP contribution in [0.15, 0.2) is 24.3 Å². The average molecular weight is 277 g/mol. The normalized spacial score (nSPS) is 19.9. The summed E-state index contributed by atoms with van der Waals surface area (Å²) in [5, 5.41) is 11.3. The van der Waals surface area contributed by atoms with E-state index in [2.05, 4.69) is 5.32 Å². The molecule has 1 amide bonds. The van der Waals surface area contributed by atoms with Crippen molar-refractivity contribution >= 4 is 23.6 Å². The van der Waals surface area contributed by atoms with E-state index in [4.69, 9.17) is 5.11 Å². The molecule has 0 aliphatic heterocycles. The zero-order chi connectivity index (χ0) is 14.9. The minimum Gasteiger partial charge on any atom is -0.478 e. The third-order valence-corrected chi connectivity index (χ3v) is 3.50. The molecule has 5 heteroatoms. The highest BCUT2D eigenvalue weighted by atomic mass is 19.1. The molecule has 0 radical (unpaired) electrons. The molecule has 20 heavy (non-hydrogen) atoms. The first-order valence-electron chi connectivity index (χ1n) is 6.31. The van der Waals surface area contributed by atoms with Gasteiger partial charge in [-0.3, -0.25) is 4.79 Å². The molecule has 0 heterocycles. The Morgan fingerprint density at radius 2 is 2.10 bits per heavy atom. The van der Waals surface area contributed by atoms with Crippen molar-refractivity contribution < 1.29 is 19.1 Å². The monoisotopic (exact) mass is 277 g/mol. The molecular formula is C15H16FNO3. The van der Waals surface area contributed by atoms with Crippen LogP contribution in [0.2, 0.25) is 0 Å². The van der Waals surface area contributed by atoms with E-state index in [0.29, 0.717) is 5.69 Å². The van der Waals surface area contributed by atoms with Crippen molar-refractivity contribution in [1.29, 1.82) is 0 Å². The minimum atomic E-state index is -1.15. The average Bonchev–Trinajstić information content (AvgIpc) is 2.99. The third kappa shape index (κ3) is 3.23. The van der Waals surface area contributed by atoms with Gasteiger partial charge in [0.1, 0.15) is 5.82 Å². The fourth-order valence-corrected chi connectivity index (χ4v) is 2.05. The van der Waals surface area contributed by atoms with Gasteiger partial charge in [-0.25, -0.2) is 9.18 Å². The van der Waals surface area contributed by atoms with E-state index in [9.17, 15) is 14.0 Å². The van der Waals surface area contributed by atoms with Crippen LogP contribution in [0.4, 0.5) is 10.1 Å². The van der Waals surface area contributed by atoms with Crippen LogP contribution in [-0.4, -0.2) is 17.0 Å². The SMILES string of the molecule is CC1(C)CC1C(=O)Nc1ccc(F)c(/C=C/C(=O)O)c1. The van der Waals surface area contributed by atoms with Gasteiger partial charge in [-0.15, -0.1) is 0 Å². The van der Waals surface area contributed by atoms with Crippen LogP contribution < -0.4 is 5.32 Å². The van der Waals surface area contributed by atoms with Crippen LogP contribution in [-0.2, 0) is 9.59 Å². The van der Waals surface area contributed by atoms with Gasteiger partial charge in [0, 0.05) is 23.2 Å². The summed E-state index contributed by atoms with van der Waals surface area (Å²) >= 11 is 0. The first-order valence-corrected chi connectivity index (χ1v) is 6.31. The number of anilines is 1. The van der Waals surface area contributed by atoms with Crippen molar-refractivity contribution in [2.24, 2.45) is 11.3 Å². The maximum absolute atomic E-state index is 13.5. The quantitative estimate of drug-likeness (QED) is 0.832. The maximum Gasteiger partial charge on any atom is 0.328 e. The van der Waals surface area contributed by atoms with Crippen molar-refractivity contribution in [3.8, 4) is 0 Å². The predicted molar refractivity (Wildman–Crippen MR) is 73.6 cm³/mol. The molecule has 0 spiro atoms. The van der Waals surface area contributed by atoms with Gasteiger partial charge in [0.25, 0.3) is 0 Å². The molecule has 0 bridgehead atoms. The maximum atomic E-state index is 13.5.